The number of piperidine rings is 1. The smallest absolute Gasteiger partial charge is 0.331 e. The van der Waals surface area contributed by atoms with Crippen LogP contribution in [0.2, 0.25) is 0 Å². The third-order valence-electron chi connectivity index (χ3n) is 7.63. The summed E-state index contributed by atoms with van der Waals surface area (Å²) in [6.07, 6.45) is 3.93. The monoisotopic (exact) mass is 527 g/mol. The lowest BCUT2D eigenvalue weighted by Crippen LogP contribution is -2.41. The maximum Gasteiger partial charge on any atom is 0.331 e. The molecule has 0 spiro atoms. The normalized spacial score (nSPS) is 14.8. The van der Waals surface area contributed by atoms with Crippen LogP contribution in [0.3, 0.4) is 0 Å². The van der Waals surface area contributed by atoms with Crippen LogP contribution >= 0.6 is 0 Å². The molecule has 0 bridgehead atoms. The van der Waals surface area contributed by atoms with Crippen molar-refractivity contribution in [2.24, 2.45) is 0 Å². The van der Waals surface area contributed by atoms with Gasteiger partial charge in [0, 0.05) is 19.6 Å². The summed E-state index contributed by atoms with van der Waals surface area (Å²) in [7, 11) is 0. The minimum atomic E-state index is -0.350. The molecule has 3 aromatic carbocycles. The Hall–Kier alpha value is -3.52. The van der Waals surface area contributed by atoms with Gasteiger partial charge in [-0.25, -0.2) is 4.79 Å². The first kappa shape index (κ1) is 27.1. The Morgan fingerprint density at radius 3 is 1.97 bits per heavy atom. The third-order valence-corrected chi connectivity index (χ3v) is 7.63. The van der Waals surface area contributed by atoms with Gasteiger partial charge in [0.2, 0.25) is 0 Å². The van der Waals surface area contributed by atoms with Gasteiger partial charge in [-0.2, -0.15) is 0 Å². The van der Waals surface area contributed by atoms with Gasteiger partial charge < -0.3 is 14.7 Å². The van der Waals surface area contributed by atoms with Gasteiger partial charge in [-0.05, 0) is 55.5 Å². The van der Waals surface area contributed by atoms with Crippen LogP contribution in [0.15, 0.2) is 94.5 Å². The number of para-hydroxylation sites is 1. The summed E-state index contributed by atoms with van der Waals surface area (Å²) in [6, 6.07) is 28.1. The van der Waals surface area contributed by atoms with Gasteiger partial charge in [0.15, 0.2) is 0 Å². The minimum absolute atomic E-state index is 0.00885. The summed E-state index contributed by atoms with van der Waals surface area (Å²) in [5, 5.41) is 9.86. The molecule has 2 heterocycles. The summed E-state index contributed by atoms with van der Waals surface area (Å²) < 4.78 is 9.50. The van der Waals surface area contributed by atoms with Gasteiger partial charge in [-0.15, -0.1) is 0 Å². The van der Waals surface area contributed by atoms with Gasteiger partial charge in [0.1, 0.15) is 6.10 Å². The largest absolute Gasteiger partial charge is 0.395 e. The van der Waals surface area contributed by atoms with Crippen LogP contribution in [0.5, 0.6) is 0 Å². The van der Waals surface area contributed by atoms with Crippen LogP contribution in [0.1, 0.15) is 42.9 Å². The Bertz CT molecular complexity index is 1420. The fourth-order valence-electron chi connectivity index (χ4n) is 5.56. The van der Waals surface area contributed by atoms with E-state index in [2.05, 4.69) is 53.4 Å². The number of unbranched alkanes of at least 4 members (excludes halogenated alkanes) is 1. The zero-order valence-electron chi connectivity index (χ0n) is 22.3. The summed E-state index contributed by atoms with van der Waals surface area (Å²) in [4.78, 5) is 28.2. The molecule has 1 saturated heterocycles. The number of ether oxygens (including phenoxy) is 1. The molecule has 204 valence electrons. The SMILES string of the molecule is O=c1c2ccccc2n(CCCCN2CCC(OC(c3ccccc3)c3ccccc3)CC2)c(=O)n1CCO. The van der Waals surface area contributed by atoms with Gasteiger partial charge in [-0.3, -0.25) is 13.9 Å². The molecule has 0 aliphatic carbocycles. The molecule has 0 amide bonds. The minimum Gasteiger partial charge on any atom is -0.395 e. The molecular formula is C32H37N3O4. The van der Waals surface area contributed by atoms with Crippen molar-refractivity contribution in [3.05, 3.63) is 117 Å². The first-order valence-electron chi connectivity index (χ1n) is 14.0. The Balaban J connectivity index is 1.15. The molecule has 7 nitrogen and oxygen atoms in total. The summed E-state index contributed by atoms with van der Waals surface area (Å²) >= 11 is 0. The van der Waals surface area contributed by atoms with Crippen molar-refractivity contribution < 1.29 is 9.84 Å². The quantitative estimate of drug-likeness (QED) is 0.296. The Labute approximate surface area is 228 Å². The zero-order chi connectivity index (χ0) is 27.0. The van der Waals surface area contributed by atoms with Crippen molar-refractivity contribution in [3.63, 3.8) is 0 Å². The summed E-state index contributed by atoms with van der Waals surface area (Å²) in [5.74, 6) is 0. The highest BCUT2D eigenvalue weighted by Crippen LogP contribution is 2.30. The van der Waals surface area contributed by atoms with Crippen molar-refractivity contribution in [1.29, 1.82) is 0 Å². The standard InChI is InChI=1S/C32H37N3O4/c36-24-23-35-31(37)28-15-7-8-16-29(28)34(32(35)38)20-10-9-19-33-21-17-27(18-22-33)39-30(25-11-3-1-4-12-25)26-13-5-2-6-14-26/h1-8,11-16,27,30,36H,9-10,17-24H2. The molecule has 0 saturated carbocycles. The van der Waals surface area contributed by atoms with Crippen LogP contribution in [0.25, 0.3) is 10.9 Å². The Kier molecular flexibility index (Phi) is 9.04. The Morgan fingerprint density at radius 2 is 1.33 bits per heavy atom. The molecule has 7 heteroatoms. The second kappa shape index (κ2) is 13.0. The number of hydrogen-bond acceptors (Lipinski definition) is 5. The molecule has 4 aromatic rings. The molecule has 0 radical (unpaired) electrons. The Morgan fingerprint density at radius 1 is 0.744 bits per heavy atom. The van der Waals surface area contributed by atoms with E-state index in [9.17, 15) is 14.7 Å². The number of hydrogen-bond donors (Lipinski definition) is 1. The van der Waals surface area contributed by atoms with Crippen LogP contribution in [0.4, 0.5) is 0 Å². The van der Waals surface area contributed by atoms with Crippen molar-refractivity contribution >= 4 is 10.9 Å². The number of benzene rings is 3. The fraction of sp³-hybridized carbons (Fsp3) is 0.375. The highest BCUT2D eigenvalue weighted by atomic mass is 16.5. The molecule has 0 atom stereocenters. The number of aryl methyl sites for hydroxylation is 1. The lowest BCUT2D eigenvalue weighted by molar-refractivity contribution is -0.0271. The van der Waals surface area contributed by atoms with E-state index in [1.165, 1.54) is 11.1 Å². The van der Waals surface area contributed by atoms with Crippen LogP contribution < -0.4 is 11.2 Å². The van der Waals surface area contributed by atoms with Crippen molar-refractivity contribution in [2.45, 2.75) is 51.0 Å². The van der Waals surface area contributed by atoms with E-state index >= 15 is 0 Å². The number of aliphatic hydroxyl groups is 1. The van der Waals surface area contributed by atoms with E-state index in [0.717, 1.165) is 49.9 Å². The third kappa shape index (κ3) is 6.38. The van der Waals surface area contributed by atoms with E-state index in [-0.39, 0.29) is 36.6 Å². The number of likely N-dealkylation sites (tertiary alicyclic amines) is 1. The number of rotatable bonds is 11. The van der Waals surface area contributed by atoms with Gasteiger partial charge in [0.25, 0.3) is 5.56 Å². The van der Waals surface area contributed by atoms with Gasteiger partial charge in [0.05, 0.1) is 30.2 Å². The number of nitrogens with zero attached hydrogens (tertiary/aromatic N) is 3. The van der Waals surface area contributed by atoms with E-state index in [1.54, 1.807) is 16.7 Å². The maximum absolute atomic E-state index is 13.0. The lowest BCUT2D eigenvalue weighted by Gasteiger charge is -2.34. The average Bonchev–Trinajstić information content (AvgIpc) is 2.99. The number of aromatic nitrogens is 2. The highest BCUT2D eigenvalue weighted by molar-refractivity contribution is 5.77. The number of aliphatic hydroxyl groups excluding tert-OH is 1. The average molecular weight is 528 g/mol. The molecule has 1 N–H and O–H groups in total. The molecule has 1 aliphatic heterocycles. The van der Waals surface area contributed by atoms with Crippen molar-refractivity contribution in [3.8, 4) is 0 Å². The van der Waals surface area contributed by atoms with E-state index in [1.807, 2.05) is 24.3 Å². The molecule has 1 aromatic heterocycles. The van der Waals surface area contributed by atoms with E-state index in [0.29, 0.717) is 17.4 Å². The van der Waals surface area contributed by atoms with Gasteiger partial charge in [-0.1, -0.05) is 72.8 Å². The molecule has 0 unspecified atom stereocenters. The molecule has 39 heavy (non-hydrogen) atoms. The molecule has 1 fully saturated rings. The fourth-order valence-corrected chi connectivity index (χ4v) is 5.56. The highest BCUT2D eigenvalue weighted by Gasteiger charge is 2.24. The van der Waals surface area contributed by atoms with Crippen LogP contribution in [-0.2, 0) is 17.8 Å². The summed E-state index contributed by atoms with van der Waals surface area (Å²) in [5.41, 5.74) is 2.33. The molecule has 5 rings (SSSR count). The number of fused-ring (bicyclic) bond motifs is 1. The second-order valence-corrected chi connectivity index (χ2v) is 10.2. The first-order chi connectivity index (χ1) is 19.2. The predicted molar refractivity (Wildman–Crippen MR) is 154 cm³/mol. The molecular weight excluding hydrogens is 490 g/mol. The summed E-state index contributed by atoms with van der Waals surface area (Å²) in [6.45, 7) is 3.26. The first-order valence-corrected chi connectivity index (χ1v) is 14.0. The topological polar surface area (TPSA) is 76.7 Å². The van der Waals surface area contributed by atoms with E-state index in [4.69, 9.17) is 4.74 Å². The lowest BCUT2D eigenvalue weighted by atomic mass is 10.00. The van der Waals surface area contributed by atoms with Crippen molar-refractivity contribution in [1.82, 2.24) is 14.0 Å². The molecule has 1 aliphatic rings. The zero-order valence-corrected chi connectivity index (χ0v) is 22.3. The van der Waals surface area contributed by atoms with Gasteiger partial charge >= 0.3 is 5.69 Å². The van der Waals surface area contributed by atoms with Crippen LogP contribution in [-0.4, -0.2) is 51.5 Å². The van der Waals surface area contributed by atoms with Crippen molar-refractivity contribution in [2.75, 3.05) is 26.2 Å². The maximum atomic E-state index is 13.0. The predicted octanol–water partition coefficient (Wildman–Crippen LogP) is 4.21. The van der Waals surface area contributed by atoms with Crippen LogP contribution in [0, 0.1) is 0 Å². The van der Waals surface area contributed by atoms with E-state index < -0.39 is 0 Å². The second-order valence-electron chi connectivity index (χ2n) is 10.2.